The summed E-state index contributed by atoms with van der Waals surface area (Å²) in [5.41, 5.74) is 1.05. The molecule has 1 aliphatic heterocycles. The Labute approximate surface area is 239 Å². The van der Waals surface area contributed by atoms with Crippen LogP contribution in [0.5, 0.6) is 0 Å². The van der Waals surface area contributed by atoms with Crippen LogP contribution in [-0.2, 0) is 15.3 Å². The van der Waals surface area contributed by atoms with Gasteiger partial charge in [0.25, 0.3) is 11.5 Å². The molecular formula is C26H16Cl2N4O5S2. The predicted molar refractivity (Wildman–Crippen MR) is 150 cm³/mol. The van der Waals surface area contributed by atoms with Crippen LogP contribution < -0.4 is 4.90 Å². The molecule has 0 saturated carbocycles. The first kappa shape index (κ1) is 26.8. The molecule has 1 fully saturated rings. The summed E-state index contributed by atoms with van der Waals surface area (Å²) in [6.45, 7) is 0. The van der Waals surface area contributed by atoms with E-state index in [4.69, 9.17) is 23.2 Å². The highest BCUT2D eigenvalue weighted by molar-refractivity contribution is 8.00. The van der Waals surface area contributed by atoms with Gasteiger partial charge in [0.05, 0.1) is 16.5 Å². The number of halogens is 2. The number of thioether (sulfide) groups is 1. The summed E-state index contributed by atoms with van der Waals surface area (Å²) in [7, 11) is 0. The summed E-state index contributed by atoms with van der Waals surface area (Å²) in [4.78, 5) is 38.6. The first-order valence-electron chi connectivity index (χ1n) is 11.2. The van der Waals surface area contributed by atoms with Gasteiger partial charge < -0.3 is 5.11 Å². The molecule has 4 aromatic rings. The lowest BCUT2D eigenvalue weighted by molar-refractivity contribution is -0.384. The van der Waals surface area contributed by atoms with Crippen LogP contribution in [0.15, 0.2) is 82.7 Å². The fourth-order valence-corrected chi connectivity index (χ4v) is 6.08. The van der Waals surface area contributed by atoms with Crippen LogP contribution in [0.4, 0.5) is 10.8 Å². The number of benzene rings is 3. The quantitative estimate of drug-likeness (QED) is 0.0475. The van der Waals surface area contributed by atoms with Gasteiger partial charge in [0.1, 0.15) is 5.76 Å². The highest BCUT2D eigenvalue weighted by atomic mass is 35.5. The largest absolute Gasteiger partial charge is 0.507 e. The van der Waals surface area contributed by atoms with Gasteiger partial charge in [-0.15, -0.1) is 10.2 Å². The zero-order chi connectivity index (χ0) is 27.7. The number of amides is 1. The van der Waals surface area contributed by atoms with E-state index in [0.717, 1.165) is 21.8 Å². The number of aliphatic hydroxyl groups is 1. The summed E-state index contributed by atoms with van der Waals surface area (Å²) >= 11 is 14.4. The number of non-ortho nitro benzene ring substituents is 1. The molecule has 196 valence electrons. The Kier molecular flexibility index (Phi) is 7.67. The molecule has 9 nitrogen and oxygen atoms in total. The average molecular weight is 599 g/mol. The fourth-order valence-electron chi connectivity index (χ4n) is 4.00. The van der Waals surface area contributed by atoms with Crippen molar-refractivity contribution in [1.29, 1.82) is 0 Å². The summed E-state index contributed by atoms with van der Waals surface area (Å²) < 4.78 is 0.539. The SMILES string of the molecule is O=C1C(=O)N(c2nnc(SCc3ccc(Cl)cc3)s2)C(c2cccc([N+](=O)[O-])c2)/C1=C(/O)c1ccc(Cl)cc1. The van der Waals surface area contributed by atoms with Gasteiger partial charge in [0.2, 0.25) is 5.13 Å². The van der Waals surface area contributed by atoms with Gasteiger partial charge in [0.15, 0.2) is 4.34 Å². The molecule has 0 aliphatic carbocycles. The first-order chi connectivity index (χ1) is 18.7. The molecule has 1 aromatic heterocycles. The van der Waals surface area contributed by atoms with Crippen molar-refractivity contribution in [2.75, 3.05) is 4.90 Å². The highest BCUT2D eigenvalue weighted by Crippen LogP contribution is 2.44. The van der Waals surface area contributed by atoms with E-state index in [0.29, 0.717) is 20.1 Å². The lowest BCUT2D eigenvalue weighted by atomic mass is 9.95. The number of rotatable bonds is 7. The number of nitrogens with zero attached hydrogens (tertiary/aromatic N) is 4. The minimum atomic E-state index is -1.18. The molecule has 1 saturated heterocycles. The maximum Gasteiger partial charge on any atom is 0.301 e. The van der Waals surface area contributed by atoms with Gasteiger partial charge in [-0.25, -0.2) is 0 Å². The molecule has 5 rings (SSSR count). The van der Waals surface area contributed by atoms with Crippen LogP contribution >= 0.6 is 46.3 Å². The van der Waals surface area contributed by atoms with Gasteiger partial charge in [-0.2, -0.15) is 0 Å². The average Bonchev–Trinajstić information content (AvgIpc) is 3.50. The van der Waals surface area contributed by atoms with E-state index in [-0.39, 0.29) is 27.5 Å². The van der Waals surface area contributed by atoms with Crippen LogP contribution in [0.2, 0.25) is 10.0 Å². The monoisotopic (exact) mass is 598 g/mol. The summed E-state index contributed by atoms with van der Waals surface area (Å²) in [5.74, 6) is -1.77. The third-order valence-electron chi connectivity index (χ3n) is 5.84. The van der Waals surface area contributed by atoms with Gasteiger partial charge in [0, 0.05) is 33.5 Å². The van der Waals surface area contributed by atoms with Crippen molar-refractivity contribution in [2.24, 2.45) is 0 Å². The van der Waals surface area contributed by atoms with Gasteiger partial charge in [-0.3, -0.25) is 24.6 Å². The van der Waals surface area contributed by atoms with Crippen LogP contribution in [0.25, 0.3) is 5.76 Å². The number of nitro groups is 1. The molecule has 2 heterocycles. The molecule has 1 atom stereocenters. The van der Waals surface area contributed by atoms with E-state index >= 15 is 0 Å². The Hall–Kier alpha value is -3.77. The summed E-state index contributed by atoms with van der Waals surface area (Å²) in [6.07, 6.45) is 0. The van der Waals surface area contributed by atoms with Crippen molar-refractivity contribution in [3.63, 3.8) is 0 Å². The molecular weight excluding hydrogens is 583 g/mol. The predicted octanol–water partition coefficient (Wildman–Crippen LogP) is 6.67. The number of carbonyl (C=O) groups excluding carboxylic acids is 2. The standard InChI is InChI=1S/C26H16Cl2N4O5S2/c27-17-8-4-14(5-9-17)13-38-26-30-29-25(39-26)31-21(16-2-1-3-19(12-16)32(36)37)20(23(34)24(31)35)22(33)15-6-10-18(28)11-7-15/h1-12,21,33H,13H2/b22-20-. The fraction of sp³-hybridized carbons (Fsp3) is 0.0769. The summed E-state index contributed by atoms with van der Waals surface area (Å²) in [6, 6.07) is 17.8. The molecule has 13 heteroatoms. The molecule has 39 heavy (non-hydrogen) atoms. The first-order valence-corrected chi connectivity index (χ1v) is 13.8. The number of nitro benzene ring substituents is 1. The zero-order valence-corrected chi connectivity index (χ0v) is 22.8. The van der Waals surface area contributed by atoms with Crippen molar-refractivity contribution in [1.82, 2.24) is 10.2 Å². The lowest BCUT2D eigenvalue weighted by Crippen LogP contribution is -2.29. The van der Waals surface area contributed by atoms with Crippen molar-refractivity contribution in [3.05, 3.63) is 115 Å². The third-order valence-corrected chi connectivity index (χ3v) is 8.47. The van der Waals surface area contributed by atoms with E-state index < -0.39 is 28.4 Å². The number of ketones is 1. The van der Waals surface area contributed by atoms with Crippen LogP contribution in [0.3, 0.4) is 0 Å². The Morgan fingerprint density at radius 3 is 2.36 bits per heavy atom. The van der Waals surface area contributed by atoms with E-state index in [2.05, 4.69) is 10.2 Å². The molecule has 0 radical (unpaired) electrons. The van der Waals surface area contributed by atoms with E-state index in [9.17, 15) is 24.8 Å². The number of carbonyl (C=O) groups is 2. The normalized spacial score (nSPS) is 16.6. The number of aliphatic hydroxyl groups excluding tert-OH is 1. The Morgan fingerprint density at radius 1 is 1.03 bits per heavy atom. The van der Waals surface area contributed by atoms with Gasteiger partial charge in [-0.1, -0.05) is 70.6 Å². The minimum absolute atomic E-state index is 0.113. The molecule has 1 unspecified atom stereocenters. The molecule has 1 amide bonds. The third kappa shape index (κ3) is 5.52. The molecule has 0 spiro atoms. The maximum atomic E-state index is 13.3. The Bertz CT molecular complexity index is 1620. The number of Topliss-reactive ketones (excluding diaryl/α,β-unsaturated/α-hetero) is 1. The van der Waals surface area contributed by atoms with Crippen LogP contribution in [-0.4, -0.2) is 31.9 Å². The summed E-state index contributed by atoms with van der Waals surface area (Å²) in [5, 5.41) is 32.1. The van der Waals surface area contributed by atoms with Crippen molar-refractivity contribution in [3.8, 4) is 0 Å². The maximum absolute atomic E-state index is 13.3. The van der Waals surface area contributed by atoms with Crippen molar-refractivity contribution >= 4 is 74.6 Å². The Balaban J connectivity index is 1.56. The molecule has 0 bridgehead atoms. The number of aromatic nitrogens is 2. The second-order valence-electron chi connectivity index (χ2n) is 8.29. The van der Waals surface area contributed by atoms with E-state index in [1.807, 2.05) is 12.1 Å². The molecule has 1 aliphatic rings. The van der Waals surface area contributed by atoms with Crippen LogP contribution in [0, 0.1) is 10.1 Å². The van der Waals surface area contributed by atoms with Crippen LogP contribution in [0.1, 0.15) is 22.7 Å². The second kappa shape index (κ2) is 11.1. The van der Waals surface area contributed by atoms with E-state index in [1.165, 1.54) is 54.2 Å². The smallest absolute Gasteiger partial charge is 0.301 e. The second-order valence-corrected chi connectivity index (χ2v) is 11.3. The number of anilines is 1. The highest BCUT2D eigenvalue weighted by Gasteiger charge is 2.48. The topological polar surface area (TPSA) is 127 Å². The molecule has 1 N–H and O–H groups in total. The molecule has 3 aromatic carbocycles. The van der Waals surface area contributed by atoms with Gasteiger partial charge >= 0.3 is 5.91 Å². The lowest BCUT2D eigenvalue weighted by Gasteiger charge is -2.22. The minimum Gasteiger partial charge on any atom is -0.507 e. The van der Waals surface area contributed by atoms with Crippen molar-refractivity contribution < 1.29 is 19.6 Å². The zero-order valence-electron chi connectivity index (χ0n) is 19.7. The number of hydrogen-bond acceptors (Lipinski definition) is 9. The van der Waals surface area contributed by atoms with E-state index in [1.54, 1.807) is 18.2 Å². The Morgan fingerprint density at radius 2 is 1.69 bits per heavy atom. The number of hydrogen-bond donors (Lipinski definition) is 1. The van der Waals surface area contributed by atoms with Gasteiger partial charge in [-0.05, 0) is 47.5 Å². The van der Waals surface area contributed by atoms with Crippen molar-refractivity contribution in [2.45, 2.75) is 16.1 Å².